The molecule has 0 aliphatic heterocycles. The number of carbonyl (C=O) groups is 1. The van der Waals surface area contributed by atoms with E-state index in [1.807, 2.05) is 6.92 Å². The maximum absolute atomic E-state index is 11.5. The van der Waals surface area contributed by atoms with Crippen LogP contribution in [0.1, 0.15) is 46.0 Å². The third-order valence-corrected chi connectivity index (χ3v) is 3.88. The predicted molar refractivity (Wildman–Crippen MR) is 67.2 cm³/mol. The molecule has 1 unspecified atom stereocenters. The summed E-state index contributed by atoms with van der Waals surface area (Å²) in [6, 6.07) is 0.394. The van der Waals surface area contributed by atoms with Crippen LogP contribution in [0.5, 0.6) is 0 Å². The van der Waals surface area contributed by atoms with E-state index in [2.05, 4.69) is 4.90 Å². The van der Waals surface area contributed by atoms with Crippen LogP contribution in [-0.2, 0) is 9.53 Å². The second-order valence-electron chi connectivity index (χ2n) is 5.09. The lowest BCUT2D eigenvalue weighted by molar-refractivity contribution is -0.157. The molecule has 1 saturated carbocycles. The number of ether oxygens (including phenoxy) is 1. The Hall–Kier alpha value is -0.610. The zero-order chi connectivity index (χ0) is 12.9. The van der Waals surface area contributed by atoms with Crippen LogP contribution in [0.15, 0.2) is 0 Å². The van der Waals surface area contributed by atoms with Gasteiger partial charge in [-0.1, -0.05) is 26.2 Å². The van der Waals surface area contributed by atoms with E-state index >= 15 is 0 Å². The smallest absolute Gasteiger partial charge is 0.326 e. The van der Waals surface area contributed by atoms with Crippen molar-refractivity contribution in [1.29, 1.82) is 0 Å². The first-order chi connectivity index (χ1) is 8.06. The van der Waals surface area contributed by atoms with Gasteiger partial charge in [0.15, 0.2) is 0 Å². The highest BCUT2D eigenvalue weighted by atomic mass is 16.5. The van der Waals surface area contributed by atoms with Gasteiger partial charge in [-0.3, -0.25) is 9.69 Å². The molecule has 0 saturated heterocycles. The molecular formula is C13H25NO3. The molecule has 0 aromatic carbocycles. The minimum atomic E-state index is -0.897. The van der Waals surface area contributed by atoms with Crippen molar-refractivity contribution in [3.8, 4) is 0 Å². The minimum Gasteiger partial charge on any atom is -0.480 e. The van der Waals surface area contributed by atoms with E-state index in [1.165, 1.54) is 19.3 Å². The maximum atomic E-state index is 11.5. The van der Waals surface area contributed by atoms with Crippen molar-refractivity contribution < 1.29 is 14.6 Å². The molecule has 1 N–H and O–H groups in total. The summed E-state index contributed by atoms with van der Waals surface area (Å²) in [5.41, 5.74) is -0.897. The van der Waals surface area contributed by atoms with Gasteiger partial charge in [-0.15, -0.1) is 0 Å². The Morgan fingerprint density at radius 2 is 2.00 bits per heavy atom. The molecule has 4 heteroatoms. The number of likely N-dealkylation sites (N-methyl/N-ethyl adjacent to an activating group) is 1. The highest BCUT2D eigenvalue weighted by molar-refractivity contribution is 5.78. The van der Waals surface area contributed by atoms with E-state index in [0.29, 0.717) is 6.04 Å². The van der Waals surface area contributed by atoms with Crippen LogP contribution in [0.4, 0.5) is 0 Å². The first-order valence-corrected chi connectivity index (χ1v) is 6.55. The van der Waals surface area contributed by atoms with Gasteiger partial charge in [0.2, 0.25) is 0 Å². The molecule has 1 aliphatic rings. The Morgan fingerprint density at radius 3 is 2.41 bits per heavy atom. The van der Waals surface area contributed by atoms with Gasteiger partial charge < -0.3 is 9.84 Å². The van der Waals surface area contributed by atoms with Gasteiger partial charge in [0, 0.05) is 13.2 Å². The Bertz CT molecular complexity index is 251. The summed E-state index contributed by atoms with van der Waals surface area (Å²) in [7, 11) is 1.57. The van der Waals surface area contributed by atoms with E-state index in [9.17, 15) is 9.90 Å². The van der Waals surface area contributed by atoms with Crippen LogP contribution in [0.25, 0.3) is 0 Å². The topological polar surface area (TPSA) is 49.8 Å². The third kappa shape index (κ3) is 3.19. The van der Waals surface area contributed by atoms with Gasteiger partial charge in [0.1, 0.15) is 5.54 Å². The number of carboxylic acids is 1. The van der Waals surface area contributed by atoms with E-state index in [1.54, 1.807) is 14.0 Å². The molecule has 0 bridgehead atoms. The first kappa shape index (κ1) is 14.5. The highest BCUT2D eigenvalue weighted by Gasteiger charge is 2.42. The summed E-state index contributed by atoms with van der Waals surface area (Å²) in [5, 5.41) is 9.47. The van der Waals surface area contributed by atoms with Crippen LogP contribution in [0, 0.1) is 0 Å². The molecule has 100 valence electrons. The monoisotopic (exact) mass is 243 g/mol. The number of nitrogens with zero attached hydrogens (tertiary/aromatic N) is 1. The minimum absolute atomic E-state index is 0.243. The molecule has 1 aliphatic carbocycles. The van der Waals surface area contributed by atoms with Gasteiger partial charge in [0.05, 0.1) is 6.61 Å². The second-order valence-corrected chi connectivity index (χ2v) is 5.09. The molecule has 1 atom stereocenters. The molecule has 0 radical (unpaired) electrons. The lowest BCUT2D eigenvalue weighted by atomic mass is 9.89. The first-order valence-electron chi connectivity index (χ1n) is 6.55. The normalized spacial score (nSPS) is 21.4. The average Bonchev–Trinajstić information content (AvgIpc) is 2.31. The molecule has 17 heavy (non-hydrogen) atoms. The second kappa shape index (κ2) is 6.36. The van der Waals surface area contributed by atoms with Crippen molar-refractivity contribution >= 4 is 5.97 Å². The van der Waals surface area contributed by atoms with Crippen LogP contribution in [0.2, 0.25) is 0 Å². The standard InChI is InChI=1S/C13H25NO3/c1-4-14(11-8-6-5-7-9-11)13(2,10-17-3)12(15)16/h11H,4-10H2,1-3H3,(H,15,16). The van der Waals surface area contributed by atoms with Crippen LogP contribution >= 0.6 is 0 Å². The lowest BCUT2D eigenvalue weighted by Gasteiger charge is -2.43. The number of hydrogen-bond acceptors (Lipinski definition) is 3. The number of carboxylic acid groups (broad SMARTS) is 1. The van der Waals surface area contributed by atoms with Crippen molar-refractivity contribution in [3.63, 3.8) is 0 Å². The van der Waals surface area contributed by atoms with Gasteiger partial charge in [0.25, 0.3) is 0 Å². The zero-order valence-corrected chi connectivity index (χ0v) is 11.2. The van der Waals surface area contributed by atoms with Crippen LogP contribution in [0.3, 0.4) is 0 Å². The Balaban J connectivity index is 2.83. The number of aliphatic carboxylic acids is 1. The fourth-order valence-corrected chi connectivity index (χ4v) is 2.95. The van der Waals surface area contributed by atoms with Crippen molar-refractivity contribution in [2.75, 3.05) is 20.3 Å². The summed E-state index contributed by atoms with van der Waals surface area (Å²) in [5.74, 6) is -0.785. The molecule has 0 aromatic heterocycles. The third-order valence-electron chi connectivity index (χ3n) is 3.88. The molecule has 0 heterocycles. The molecule has 0 spiro atoms. The average molecular weight is 243 g/mol. The van der Waals surface area contributed by atoms with Gasteiger partial charge in [-0.2, -0.15) is 0 Å². The summed E-state index contributed by atoms with van der Waals surface area (Å²) in [4.78, 5) is 13.6. The van der Waals surface area contributed by atoms with E-state index in [-0.39, 0.29) is 6.61 Å². The fourth-order valence-electron chi connectivity index (χ4n) is 2.95. The zero-order valence-electron chi connectivity index (χ0n) is 11.2. The highest BCUT2D eigenvalue weighted by Crippen LogP contribution is 2.28. The number of hydrogen-bond donors (Lipinski definition) is 1. The maximum Gasteiger partial charge on any atom is 0.326 e. The molecule has 1 fully saturated rings. The summed E-state index contributed by atoms with van der Waals surface area (Å²) in [6.07, 6.45) is 5.93. The summed E-state index contributed by atoms with van der Waals surface area (Å²) < 4.78 is 5.12. The molecular weight excluding hydrogens is 218 g/mol. The quantitative estimate of drug-likeness (QED) is 0.776. The van der Waals surface area contributed by atoms with Crippen molar-refractivity contribution in [1.82, 2.24) is 4.90 Å². The number of rotatable bonds is 6. The van der Waals surface area contributed by atoms with Gasteiger partial charge >= 0.3 is 5.97 Å². The van der Waals surface area contributed by atoms with E-state index in [4.69, 9.17) is 4.74 Å². The van der Waals surface area contributed by atoms with Crippen LogP contribution in [-0.4, -0.2) is 47.8 Å². The Labute approximate surface area is 104 Å². The molecule has 1 rings (SSSR count). The fraction of sp³-hybridized carbons (Fsp3) is 0.923. The van der Waals surface area contributed by atoms with E-state index in [0.717, 1.165) is 19.4 Å². The Morgan fingerprint density at radius 1 is 1.41 bits per heavy atom. The molecule has 4 nitrogen and oxygen atoms in total. The predicted octanol–water partition coefficient (Wildman–Crippen LogP) is 2.13. The van der Waals surface area contributed by atoms with Crippen molar-refractivity contribution in [2.24, 2.45) is 0 Å². The van der Waals surface area contributed by atoms with Gasteiger partial charge in [-0.05, 0) is 26.3 Å². The molecule has 0 aromatic rings. The van der Waals surface area contributed by atoms with Crippen molar-refractivity contribution in [3.05, 3.63) is 0 Å². The van der Waals surface area contributed by atoms with Gasteiger partial charge in [-0.25, -0.2) is 0 Å². The number of methoxy groups -OCH3 is 1. The Kier molecular flexibility index (Phi) is 5.40. The summed E-state index contributed by atoms with van der Waals surface area (Å²) >= 11 is 0. The SMILES string of the molecule is CCN(C1CCCCC1)C(C)(COC)C(=O)O. The van der Waals surface area contributed by atoms with Crippen LogP contribution < -0.4 is 0 Å². The summed E-state index contributed by atoms with van der Waals surface area (Å²) in [6.45, 7) is 4.81. The molecule has 0 amide bonds. The van der Waals surface area contributed by atoms with Crippen molar-refractivity contribution in [2.45, 2.75) is 57.5 Å². The van der Waals surface area contributed by atoms with E-state index < -0.39 is 11.5 Å². The largest absolute Gasteiger partial charge is 0.480 e. The lowest BCUT2D eigenvalue weighted by Crippen LogP contribution is -2.59.